The zero-order chi connectivity index (χ0) is 22.6. The number of oxime groups is 1. The Hall–Kier alpha value is -4.00. The van der Waals surface area contributed by atoms with Crippen molar-refractivity contribution in [1.29, 1.82) is 0 Å². The number of nitrogens with zero attached hydrogens (tertiary/aromatic N) is 1. The molecule has 0 aliphatic rings. The molecule has 0 atom stereocenters. The van der Waals surface area contributed by atoms with Crippen LogP contribution in [0.4, 0.5) is 5.69 Å². The molecular weight excluding hydrogens is 408 g/mol. The summed E-state index contributed by atoms with van der Waals surface area (Å²) in [5, 5.41) is 6.62. The van der Waals surface area contributed by atoms with E-state index in [2.05, 4.69) is 10.5 Å². The number of para-hydroxylation sites is 2. The van der Waals surface area contributed by atoms with Gasteiger partial charge in [-0.3, -0.25) is 4.79 Å². The SMILES string of the molecule is CCOc1ccccc1NC(=O)CO/N=C/c1ccc(OCc2ccccc2)c(OC)c1. The number of benzene rings is 3. The molecule has 0 saturated carbocycles. The van der Waals surface area contributed by atoms with Gasteiger partial charge in [-0.2, -0.15) is 0 Å². The normalized spacial score (nSPS) is 10.6. The van der Waals surface area contributed by atoms with Crippen molar-refractivity contribution in [2.24, 2.45) is 5.16 Å². The average molecular weight is 434 g/mol. The summed E-state index contributed by atoms with van der Waals surface area (Å²) in [6.45, 7) is 2.60. The fourth-order valence-corrected chi connectivity index (χ4v) is 2.85. The summed E-state index contributed by atoms with van der Waals surface area (Å²) in [6, 6.07) is 22.5. The Balaban J connectivity index is 1.51. The van der Waals surface area contributed by atoms with E-state index in [4.69, 9.17) is 19.0 Å². The molecule has 0 heterocycles. The second-order valence-corrected chi connectivity index (χ2v) is 6.67. The molecule has 3 rings (SSSR count). The van der Waals surface area contributed by atoms with Crippen LogP contribution in [0, 0.1) is 0 Å². The van der Waals surface area contributed by atoms with Gasteiger partial charge in [0.25, 0.3) is 5.91 Å². The number of anilines is 1. The summed E-state index contributed by atoms with van der Waals surface area (Å²) in [5.41, 5.74) is 2.40. The molecule has 32 heavy (non-hydrogen) atoms. The van der Waals surface area contributed by atoms with Gasteiger partial charge in [0.15, 0.2) is 18.1 Å². The van der Waals surface area contributed by atoms with Crippen molar-refractivity contribution in [1.82, 2.24) is 0 Å². The van der Waals surface area contributed by atoms with Crippen molar-refractivity contribution >= 4 is 17.8 Å². The van der Waals surface area contributed by atoms with Crippen molar-refractivity contribution in [3.05, 3.63) is 83.9 Å². The highest BCUT2D eigenvalue weighted by atomic mass is 16.6. The van der Waals surface area contributed by atoms with Gasteiger partial charge >= 0.3 is 0 Å². The van der Waals surface area contributed by atoms with E-state index >= 15 is 0 Å². The molecule has 0 aliphatic carbocycles. The van der Waals surface area contributed by atoms with Gasteiger partial charge in [-0.15, -0.1) is 0 Å². The lowest BCUT2D eigenvalue weighted by Gasteiger charge is -2.11. The number of ether oxygens (including phenoxy) is 3. The molecule has 0 aliphatic heterocycles. The minimum absolute atomic E-state index is 0.230. The van der Waals surface area contributed by atoms with Crippen LogP contribution in [0.15, 0.2) is 78.0 Å². The maximum Gasteiger partial charge on any atom is 0.265 e. The Kier molecular flexibility index (Phi) is 8.50. The van der Waals surface area contributed by atoms with Gasteiger partial charge in [0, 0.05) is 5.56 Å². The highest BCUT2D eigenvalue weighted by molar-refractivity contribution is 5.93. The van der Waals surface area contributed by atoms with E-state index in [-0.39, 0.29) is 12.5 Å². The number of carbonyl (C=O) groups excluding carboxylic acids is 1. The lowest BCUT2D eigenvalue weighted by molar-refractivity contribution is -0.120. The van der Waals surface area contributed by atoms with E-state index in [1.165, 1.54) is 6.21 Å². The molecule has 7 heteroatoms. The summed E-state index contributed by atoms with van der Waals surface area (Å²) >= 11 is 0. The van der Waals surface area contributed by atoms with Gasteiger partial charge in [0.2, 0.25) is 0 Å². The molecule has 0 radical (unpaired) electrons. The van der Waals surface area contributed by atoms with Crippen LogP contribution in [-0.4, -0.2) is 32.4 Å². The van der Waals surface area contributed by atoms with Crippen LogP contribution in [-0.2, 0) is 16.2 Å². The molecule has 3 aromatic rings. The van der Waals surface area contributed by atoms with Gasteiger partial charge in [0.05, 0.1) is 25.6 Å². The lowest BCUT2D eigenvalue weighted by atomic mass is 10.2. The Morgan fingerprint density at radius 1 is 0.938 bits per heavy atom. The molecule has 7 nitrogen and oxygen atoms in total. The minimum atomic E-state index is -0.337. The Morgan fingerprint density at radius 2 is 1.72 bits per heavy atom. The minimum Gasteiger partial charge on any atom is -0.493 e. The second kappa shape index (κ2) is 12.0. The first kappa shape index (κ1) is 22.7. The topological polar surface area (TPSA) is 78.4 Å². The molecule has 0 spiro atoms. The number of methoxy groups -OCH3 is 1. The third kappa shape index (κ3) is 6.77. The zero-order valence-corrected chi connectivity index (χ0v) is 18.1. The van der Waals surface area contributed by atoms with Crippen molar-refractivity contribution in [2.45, 2.75) is 13.5 Å². The third-order valence-electron chi connectivity index (χ3n) is 4.36. The van der Waals surface area contributed by atoms with E-state index in [1.54, 1.807) is 31.4 Å². The number of nitrogens with one attached hydrogen (secondary N) is 1. The molecular formula is C25H26N2O5. The van der Waals surface area contributed by atoms with Crippen LogP contribution in [0.5, 0.6) is 17.2 Å². The van der Waals surface area contributed by atoms with Gasteiger partial charge in [-0.1, -0.05) is 47.6 Å². The number of rotatable bonds is 11. The molecule has 166 valence electrons. The molecule has 0 saturated heterocycles. The van der Waals surface area contributed by atoms with E-state index in [0.717, 1.165) is 11.1 Å². The van der Waals surface area contributed by atoms with E-state index < -0.39 is 0 Å². The van der Waals surface area contributed by atoms with Crippen LogP contribution in [0.25, 0.3) is 0 Å². The predicted octanol–water partition coefficient (Wildman–Crippen LogP) is 4.66. The molecule has 0 aromatic heterocycles. The summed E-state index contributed by atoms with van der Waals surface area (Å²) < 4.78 is 16.7. The quantitative estimate of drug-likeness (QED) is 0.351. The average Bonchev–Trinajstić information content (AvgIpc) is 2.83. The van der Waals surface area contributed by atoms with Crippen molar-refractivity contribution in [3.8, 4) is 17.2 Å². The van der Waals surface area contributed by atoms with Gasteiger partial charge in [-0.25, -0.2) is 0 Å². The van der Waals surface area contributed by atoms with E-state index in [0.29, 0.717) is 36.1 Å². The van der Waals surface area contributed by atoms with Crippen LogP contribution >= 0.6 is 0 Å². The van der Waals surface area contributed by atoms with E-state index in [1.807, 2.05) is 55.5 Å². The molecule has 0 fully saturated rings. The first-order valence-electron chi connectivity index (χ1n) is 10.2. The second-order valence-electron chi connectivity index (χ2n) is 6.67. The molecule has 0 unspecified atom stereocenters. The number of hydrogen-bond donors (Lipinski definition) is 1. The highest BCUT2D eigenvalue weighted by Crippen LogP contribution is 2.28. The number of carbonyl (C=O) groups is 1. The fourth-order valence-electron chi connectivity index (χ4n) is 2.85. The van der Waals surface area contributed by atoms with Gasteiger partial charge < -0.3 is 24.4 Å². The molecule has 1 N–H and O–H groups in total. The summed E-state index contributed by atoms with van der Waals surface area (Å²) in [4.78, 5) is 17.2. The van der Waals surface area contributed by atoms with Crippen molar-refractivity contribution in [2.75, 3.05) is 25.6 Å². The van der Waals surface area contributed by atoms with Gasteiger partial charge in [0.1, 0.15) is 12.4 Å². The predicted molar refractivity (Wildman–Crippen MR) is 124 cm³/mol. The summed E-state index contributed by atoms with van der Waals surface area (Å²) in [5.74, 6) is 1.47. The number of hydrogen-bond acceptors (Lipinski definition) is 6. The molecule has 1 amide bonds. The zero-order valence-electron chi connectivity index (χ0n) is 18.1. The standard InChI is InChI=1S/C25H26N2O5/c1-3-30-22-12-8-7-11-21(22)27-25(28)18-32-26-16-20-13-14-23(24(15-20)29-2)31-17-19-9-5-4-6-10-19/h4-16H,3,17-18H2,1-2H3,(H,27,28)/b26-16+. The van der Waals surface area contributed by atoms with Crippen LogP contribution in [0.2, 0.25) is 0 Å². The maximum atomic E-state index is 12.1. The first-order chi connectivity index (χ1) is 15.7. The summed E-state index contributed by atoms with van der Waals surface area (Å²) in [6.07, 6.45) is 1.50. The third-order valence-corrected chi connectivity index (χ3v) is 4.36. The fraction of sp³-hybridized carbons (Fsp3) is 0.200. The Bertz CT molecular complexity index is 1040. The van der Waals surface area contributed by atoms with E-state index in [9.17, 15) is 4.79 Å². The molecule has 3 aromatic carbocycles. The van der Waals surface area contributed by atoms with Crippen molar-refractivity contribution < 1.29 is 23.8 Å². The Labute approximate surface area is 187 Å². The smallest absolute Gasteiger partial charge is 0.265 e. The maximum absolute atomic E-state index is 12.1. The number of amides is 1. The van der Waals surface area contributed by atoms with Crippen LogP contribution < -0.4 is 19.5 Å². The summed E-state index contributed by atoms with van der Waals surface area (Å²) in [7, 11) is 1.58. The molecule has 0 bridgehead atoms. The lowest BCUT2D eigenvalue weighted by Crippen LogP contribution is -2.17. The van der Waals surface area contributed by atoms with Gasteiger partial charge in [-0.05, 0) is 42.8 Å². The monoisotopic (exact) mass is 434 g/mol. The van der Waals surface area contributed by atoms with Crippen LogP contribution in [0.3, 0.4) is 0 Å². The van der Waals surface area contributed by atoms with Crippen LogP contribution in [0.1, 0.15) is 18.1 Å². The highest BCUT2D eigenvalue weighted by Gasteiger charge is 2.08. The first-order valence-corrected chi connectivity index (χ1v) is 10.2. The largest absolute Gasteiger partial charge is 0.493 e. The van der Waals surface area contributed by atoms with Crippen molar-refractivity contribution in [3.63, 3.8) is 0 Å². The Morgan fingerprint density at radius 3 is 2.50 bits per heavy atom.